The third-order valence-corrected chi connectivity index (χ3v) is 5.78. The second-order valence-corrected chi connectivity index (χ2v) is 6.81. The Morgan fingerprint density at radius 3 is 2.81 bits per heavy atom. The molecule has 0 radical (unpaired) electrons. The lowest BCUT2D eigenvalue weighted by atomic mass is 9.77. The Bertz CT molecular complexity index is 549. The van der Waals surface area contributed by atoms with E-state index in [0.717, 1.165) is 6.42 Å². The van der Waals surface area contributed by atoms with Crippen LogP contribution in [0, 0.1) is 5.92 Å². The summed E-state index contributed by atoms with van der Waals surface area (Å²) in [5, 5.41) is 5.29. The molecule has 2 heterocycles. The molecule has 2 aliphatic heterocycles. The van der Waals surface area contributed by atoms with Gasteiger partial charge >= 0.3 is 0 Å². The lowest BCUT2D eigenvalue weighted by Crippen LogP contribution is -2.46. The number of nitrogens with zero attached hydrogens (tertiary/aromatic N) is 2. The Labute approximate surface area is 135 Å². The molecular weight excluding hydrogens is 307 g/mol. The maximum Gasteiger partial charge on any atom is 0.106 e. The Morgan fingerprint density at radius 1 is 1.29 bits per heavy atom. The van der Waals surface area contributed by atoms with E-state index in [0.29, 0.717) is 34.0 Å². The van der Waals surface area contributed by atoms with Crippen molar-refractivity contribution in [3.05, 3.63) is 33.8 Å². The van der Waals surface area contributed by atoms with Crippen LogP contribution in [0.4, 0.5) is 0 Å². The van der Waals surface area contributed by atoms with E-state index >= 15 is 0 Å². The highest BCUT2D eigenvalue weighted by molar-refractivity contribution is 6.42. The minimum Gasteiger partial charge on any atom is -0.399 e. The van der Waals surface area contributed by atoms with Crippen LogP contribution in [0.15, 0.2) is 23.4 Å². The SMILES string of the molecule is CO/N=C/[C@@H]1C2CCC(C[C@@H]1c1ccc(Cl)c(Cl)c1)N2C. The fourth-order valence-corrected chi connectivity index (χ4v) is 4.25. The molecule has 3 rings (SSSR count). The second-order valence-electron chi connectivity index (χ2n) is 5.99. The summed E-state index contributed by atoms with van der Waals surface area (Å²) < 4.78 is 0. The molecule has 0 saturated carbocycles. The fourth-order valence-electron chi connectivity index (χ4n) is 3.94. The Kier molecular flexibility index (Phi) is 4.43. The number of benzene rings is 1. The first-order valence-electron chi connectivity index (χ1n) is 7.35. The molecule has 2 aliphatic rings. The van der Waals surface area contributed by atoms with Gasteiger partial charge in [-0.1, -0.05) is 34.4 Å². The van der Waals surface area contributed by atoms with Crippen LogP contribution in [-0.4, -0.2) is 37.4 Å². The van der Waals surface area contributed by atoms with Crippen molar-refractivity contribution in [3.8, 4) is 0 Å². The molecule has 0 amide bonds. The molecule has 2 bridgehead atoms. The van der Waals surface area contributed by atoms with Crippen LogP contribution in [-0.2, 0) is 4.84 Å². The lowest BCUT2D eigenvalue weighted by Gasteiger charge is -2.41. The van der Waals surface area contributed by atoms with E-state index in [2.05, 4.69) is 23.2 Å². The molecule has 0 N–H and O–H groups in total. The first-order valence-corrected chi connectivity index (χ1v) is 8.11. The van der Waals surface area contributed by atoms with E-state index in [1.54, 1.807) is 7.11 Å². The van der Waals surface area contributed by atoms with Gasteiger partial charge in [0.2, 0.25) is 0 Å². The molecule has 1 aromatic carbocycles. The molecular formula is C16H20Cl2N2O. The Hall–Kier alpha value is -0.770. The average molecular weight is 327 g/mol. The van der Waals surface area contributed by atoms with Gasteiger partial charge in [0.05, 0.1) is 10.0 Å². The summed E-state index contributed by atoms with van der Waals surface area (Å²) in [4.78, 5) is 7.42. The highest BCUT2D eigenvalue weighted by Crippen LogP contribution is 2.46. The molecule has 2 saturated heterocycles. The number of oxime groups is 1. The topological polar surface area (TPSA) is 24.8 Å². The maximum absolute atomic E-state index is 6.20. The molecule has 0 aliphatic carbocycles. The minimum absolute atomic E-state index is 0.353. The Balaban J connectivity index is 1.94. The zero-order valence-corrected chi connectivity index (χ0v) is 13.8. The van der Waals surface area contributed by atoms with Gasteiger partial charge < -0.3 is 4.84 Å². The van der Waals surface area contributed by atoms with Crippen molar-refractivity contribution in [2.24, 2.45) is 11.1 Å². The van der Waals surface area contributed by atoms with E-state index in [-0.39, 0.29) is 0 Å². The van der Waals surface area contributed by atoms with Crippen molar-refractivity contribution in [2.75, 3.05) is 14.2 Å². The number of piperidine rings is 1. The molecule has 21 heavy (non-hydrogen) atoms. The van der Waals surface area contributed by atoms with Crippen molar-refractivity contribution in [1.29, 1.82) is 0 Å². The molecule has 1 aromatic rings. The molecule has 2 unspecified atom stereocenters. The van der Waals surface area contributed by atoms with Crippen LogP contribution >= 0.6 is 23.2 Å². The summed E-state index contributed by atoms with van der Waals surface area (Å²) >= 11 is 12.2. The average Bonchev–Trinajstić information content (AvgIpc) is 2.72. The van der Waals surface area contributed by atoms with Crippen molar-refractivity contribution in [1.82, 2.24) is 4.90 Å². The fraction of sp³-hybridized carbons (Fsp3) is 0.562. The number of hydrogen-bond donors (Lipinski definition) is 0. The Morgan fingerprint density at radius 2 is 2.10 bits per heavy atom. The van der Waals surface area contributed by atoms with Gasteiger partial charge in [0.15, 0.2) is 0 Å². The monoisotopic (exact) mass is 326 g/mol. The van der Waals surface area contributed by atoms with Crippen LogP contribution in [0.3, 0.4) is 0 Å². The number of halogens is 2. The molecule has 5 heteroatoms. The lowest BCUT2D eigenvalue weighted by molar-refractivity contribution is 0.131. The summed E-state index contributed by atoms with van der Waals surface area (Å²) in [6, 6.07) is 7.18. The third-order valence-electron chi connectivity index (χ3n) is 5.04. The minimum atomic E-state index is 0.353. The highest BCUT2D eigenvalue weighted by atomic mass is 35.5. The smallest absolute Gasteiger partial charge is 0.106 e. The van der Waals surface area contributed by atoms with E-state index in [9.17, 15) is 0 Å². The van der Waals surface area contributed by atoms with E-state index in [1.165, 1.54) is 18.4 Å². The van der Waals surface area contributed by atoms with Crippen LogP contribution in [0.1, 0.15) is 30.7 Å². The molecule has 0 spiro atoms. The maximum atomic E-state index is 6.20. The quantitative estimate of drug-likeness (QED) is 0.614. The van der Waals surface area contributed by atoms with E-state index in [4.69, 9.17) is 28.0 Å². The first kappa shape index (κ1) is 15.1. The van der Waals surface area contributed by atoms with Gasteiger partial charge in [0.1, 0.15) is 7.11 Å². The van der Waals surface area contributed by atoms with Gasteiger partial charge in [-0.15, -0.1) is 0 Å². The number of fused-ring (bicyclic) bond motifs is 2. The zero-order valence-electron chi connectivity index (χ0n) is 12.3. The third kappa shape index (κ3) is 2.79. The number of hydrogen-bond acceptors (Lipinski definition) is 3. The van der Waals surface area contributed by atoms with Crippen molar-refractivity contribution in [2.45, 2.75) is 37.3 Å². The summed E-state index contributed by atoms with van der Waals surface area (Å²) in [5.74, 6) is 0.776. The highest BCUT2D eigenvalue weighted by Gasteiger charge is 2.45. The predicted molar refractivity (Wildman–Crippen MR) is 87.4 cm³/mol. The van der Waals surface area contributed by atoms with Crippen LogP contribution in [0.25, 0.3) is 0 Å². The van der Waals surface area contributed by atoms with Gasteiger partial charge in [0.25, 0.3) is 0 Å². The van der Waals surface area contributed by atoms with Crippen molar-refractivity contribution < 1.29 is 4.84 Å². The zero-order chi connectivity index (χ0) is 15.0. The molecule has 3 nitrogen and oxygen atoms in total. The summed E-state index contributed by atoms with van der Waals surface area (Å²) in [6.07, 6.45) is 5.58. The van der Waals surface area contributed by atoms with Crippen LogP contribution < -0.4 is 0 Å². The first-order chi connectivity index (χ1) is 10.1. The predicted octanol–water partition coefficient (Wildman–Crippen LogP) is 4.19. The van der Waals surface area contributed by atoms with Gasteiger partial charge in [-0.2, -0.15) is 0 Å². The van der Waals surface area contributed by atoms with Crippen molar-refractivity contribution in [3.63, 3.8) is 0 Å². The molecule has 0 aromatic heterocycles. The number of rotatable bonds is 3. The van der Waals surface area contributed by atoms with Crippen LogP contribution in [0.5, 0.6) is 0 Å². The van der Waals surface area contributed by atoms with E-state index < -0.39 is 0 Å². The van der Waals surface area contributed by atoms with Gasteiger partial charge in [-0.3, -0.25) is 4.90 Å². The molecule has 4 atom stereocenters. The molecule has 2 fully saturated rings. The standard InChI is InChI=1S/C16H20Cl2N2O/c1-20-11-4-6-16(20)13(9-19-21-2)12(8-11)10-3-5-14(17)15(18)7-10/h3,5,7,9,11-13,16H,4,6,8H2,1-2H3/b19-9+/t11?,12-,13+,16?/m1/s1. The molecule has 114 valence electrons. The van der Waals surface area contributed by atoms with Gasteiger partial charge in [-0.05, 0) is 49.9 Å². The van der Waals surface area contributed by atoms with Crippen LogP contribution in [0.2, 0.25) is 10.0 Å². The normalized spacial score (nSPS) is 32.8. The summed E-state index contributed by atoms with van der Waals surface area (Å²) in [5.41, 5.74) is 1.25. The van der Waals surface area contributed by atoms with Gasteiger partial charge in [-0.25, -0.2) is 0 Å². The summed E-state index contributed by atoms with van der Waals surface area (Å²) in [6.45, 7) is 0. The summed E-state index contributed by atoms with van der Waals surface area (Å²) in [7, 11) is 3.82. The largest absolute Gasteiger partial charge is 0.399 e. The second kappa shape index (κ2) is 6.15. The van der Waals surface area contributed by atoms with Gasteiger partial charge in [0, 0.05) is 24.2 Å². The van der Waals surface area contributed by atoms with Crippen molar-refractivity contribution >= 4 is 29.4 Å². The van der Waals surface area contributed by atoms with E-state index in [1.807, 2.05) is 18.3 Å².